The maximum atomic E-state index is 11.3. The van der Waals surface area contributed by atoms with Crippen molar-refractivity contribution < 1.29 is 9.53 Å². The number of halogens is 1. The van der Waals surface area contributed by atoms with E-state index in [1.807, 2.05) is 13.8 Å². The lowest BCUT2D eigenvalue weighted by Gasteiger charge is -2.06. The molecule has 0 saturated heterocycles. The highest BCUT2D eigenvalue weighted by atomic mass is 35.5. The van der Waals surface area contributed by atoms with Gasteiger partial charge in [0.15, 0.2) is 5.82 Å². The van der Waals surface area contributed by atoms with Crippen molar-refractivity contribution in [3.05, 3.63) is 29.2 Å². The molecular weight excluding hydrogens is 270 g/mol. The molecule has 0 bridgehead atoms. The summed E-state index contributed by atoms with van der Waals surface area (Å²) >= 11 is 5.94. The zero-order valence-electron chi connectivity index (χ0n) is 10.7. The van der Waals surface area contributed by atoms with Crippen LogP contribution in [0.4, 0.5) is 0 Å². The molecule has 0 N–H and O–H groups in total. The summed E-state index contributed by atoms with van der Waals surface area (Å²) in [4.78, 5) is 23.6. The van der Waals surface area contributed by atoms with Crippen LogP contribution in [0.5, 0.6) is 0 Å². The maximum Gasteiger partial charge on any atom is 0.377 e. The largest absolute Gasteiger partial charge is 0.463 e. The van der Waals surface area contributed by atoms with Gasteiger partial charge in [-0.1, -0.05) is 25.4 Å². The van der Waals surface area contributed by atoms with E-state index >= 15 is 0 Å². The molecule has 0 spiro atoms. The van der Waals surface area contributed by atoms with Crippen molar-refractivity contribution in [3.63, 3.8) is 0 Å². The van der Waals surface area contributed by atoms with E-state index in [0.29, 0.717) is 16.8 Å². The van der Waals surface area contributed by atoms with Gasteiger partial charge in [-0.3, -0.25) is 0 Å². The highest BCUT2D eigenvalue weighted by molar-refractivity contribution is 6.29. The minimum Gasteiger partial charge on any atom is -0.463 e. The molecule has 0 atom stereocenters. The first-order valence-electron chi connectivity index (χ1n) is 5.56. The van der Waals surface area contributed by atoms with Crippen molar-refractivity contribution in [3.8, 4) is 5.82 Å². The summed E-state index contributed by atoms with van der Waals surface area (Å²) < 4.78 is 5.89. The fraction of sp³-hybridized carbons (Fsp3) is 0.364. The van der Waals surface area contributed by atoms with E-state index in [9.17, 15) is 4.79 Å². The number of hydrogen-bond donors (Lipinski definition) is 0. The van der Waals surface area contributed by atoms with E-state index in [4.69, 9.17) is 11.6 Å². The number of hydrogen-bond acceptors (Lipinski definition) is 6. The Bertz CT molecular complexity index is 611. The number of nitrogens with zero attached hydrogens (tertiary/aromatic N) is 5. The molecule has 19 heavy (non-hydrogen) atoms. The molecule has 0 saturated carbocycles. The summed E-state index contributed by atoms with van der Waals surface area (Å²) in [5, 5.41) is 4.28. The summed E-state index contributed by atoms with van der Waals surface area (Å²) in [6, 6.07) is 1.54. The molecule has 2 rings (SSSR count). The Kier molecular flexibility index (Phi) is 3.75. The Balaban J connectivity index is 2.41. The van der Waals surface area contributed by atoms with Gasteiger partial charge in [0.1, 0.15) is 17.3 Å². The first kappa shape index (κ1) is 13.4. The minimum absolute atomic E-state index is 0.0386. The van der Waals surface area contributed by atoms with Crippen LogP contribution in [-0.4, -0.2) is 37.8 Å². The van der Waals surface area contributed by atoms with Gasteiger partial charge in [-0.15, -0.1) is 5.10 Å². The quantitative estimate of drug-likeness (QED) is 0.628. The number of rotatable bonds is 3. The highest BCUT2D eigenvalue weighted by Gasteiger charge is 2.14. The van der Waals surface area contributed by atoms with Gasteiger partial charge >= 0.3 is 5.97 Å². The molecule has 0 aliphatic heterocycles. The van der Waals surface area contributed by atoms with Gasteiger partial charge < -0.3 is 4.74 Å². The van der Waals surface area contributed by atoms with Gasteiger partial charge in [0.25, 0.3) is 5.82 Å². The van der Waals surface area contributed by atoms with Crippen LogP contribution in [0.25, 0.3) is 5.82 Å². The Morgan fingerprint density at radius 1 is 1.42 bits per heavy atom. The van der Waals surface area contributed by atoms with Gasteiger partial charge in [-0.25, -0.2) is 24.4 Å². The predicted molar refractivity (Wildman–Crippen MR) is 67.4 cm³/mol. The van der Waals surface area contributed by atoms with E-state index < -0.39 is 5.97 Å². The van der Waals surface area contributed by atoms with E-state index in [0.717, 1.165) is 0 Å². The monoisotopic (exact) mass is 281 g/mol. The molecule has 2 aromatic rings. The van der Waals surface area contributed by atoms with Crippen molar-refractivity contribution in [2.75, 3.05) is 7.11 Å². The van der Waals surface area contributed by atoms with Crippen LogP contribution in [0, 0.1) is 0 Å². The first-order valence-corrected chi connectivity index (χ1v) is 5.94. The molecule has 0 amide bonds. The second-order valence-corrected chi connectivity index (χ2v) is 4.45. The zero-order valence-corrected chi connectivity index (χ0v) is 11.4. The minimum atomic E-state index is -0.608. The lowest BCUT2D eigenvalue weighted by Crippen LogP contribution is -2.07. The molecule has 100 valence electrons. The smallest absolute Gasteiger partial charge is 0.377 e. The summed E-state index contributed by atoms with van der Waals surface area (Å²) in [7, 11) is 1.27. The normalized spacial score (nSPS) is 10.8. The van der Waals surface area contributed by atoms with Crippen LogP contribution in [-0.2, 0) is 4.74 Å². The molecule has 0 unspecified atom stereocenters. The number of aromatic nitrogens is 5. The Morgan fingerprint density at radius 3 is 2.79 bits per heavy atom. The molecule has 0 aliphatic rings. The van der Waals surface area contributed by atoms with Crippen molar-refractivity contribution in [1.29, 1.82) is 0 Å². The van der Waals surface area contributed by atoms with Crippen molar-refractivity contribution in [2.45, 2.75) is 19.8 Å². The van der Waals surface area contributed by atoms with Gasteiger partial charge in [-0.05, 0) is 0 Å². The molecule has 8 heteroatoms. The Labute approximate surface area is 114 Å². The van der Waals surface area contributed by atoms with Gasteiger partial charge in [0.2, 0.25) is 0 Å². The molecular formula is C11H12ClN5O2. The lowest BCUT2D eigenvalue weighted by molar-refractivity contribution is 0.0587. The van der Waals surface area contributed by atoms with Crippen LogP contribution >= 0.6 is 11.6 Å². The highest BCUT2D eigenvalue weighted by Crippen LogP contribution is 2.16. The zero-order chi connectivity index (χ0) is 14.0. The van der Waals surface area contributed by atoms with Gasteiger partial charge in [0.05, 0.1) is 7.11 Å². The molecule has 0 radical (unpaired) electrons. The van der Waals surface area contributed by atoms with Crippen LogP contribution in [0.3, 0.4) is 0 Å². The van der Waals surface area contributed by atoms with Crippen LogP contribution in [0.1, 0.15) is 36.2 Å². The third-order valence-electron chi connectivity index (χ3n) is 2.31. The lowest BCUT2D eigenvalue weighted by atomic mass is 10.2. The van der Waals surface area contributed by atoms with E-state index in [1.165, 1.54) is 18.1 Å². The number of carbonyl (C=O) groups is 1. The second-order valence-electron chi connectivity index (χ2n) is 4.07. The summed E-state index contributed by atoms with van der Waals surface area (Å²) in [6.07, 6.45) is 1.37. The van der Waals surface area contributed by atoms with E-state index in [1.54, 1.807) is 6.07 Å². The first-order chi connectivity index (χ1) is 9.01. The standard InChI is InChI=1S/C11H12ClN5O2/c1-6(2)9-14-7(12)4-8(15-9)17-5-13-10(16-17)11(18)19-3/h4-6H,1-3H3. The maximum absolute atomic E-state index is 11.3. The molecule has 0 fully saturated rings. The Hall–Kier alpha value is -2.02. The molecule has 2 heterocycles. The van der Waals surface area contributed by atoms with Crippen LogP contribution in [0.15, 0.2) is 12.4 Å². The fourth-order valence-electron chi connectivity index (χ4n) is 1.36. The van der Waals surface area contributed by atoms with Crippen LogP contribution < -0.4 is 0 Å². The predicted octanol–water partition coefficient (Wildman–Crippen LogP) is 1.62. The fourth-order valence-corrected chi connectivity index (χ4v) is 1.54. The third kappa shape index (κ3) is 2.87. The van der Waals surface area contributed by atoms with Crippen molar-refractivity contribution in [1.82, 2.24) is 24.7 Å². The van der Waals surface area contributed by atoms with E-state index in [-0.39, 0.29) is 11.7 Å². The molecule has 0 aromatic carbocycles. The average Bonchev–Trinajstić information content (AvgIpc) is 2.86. The van der Waals surface area contributed by atoms with Gasteiger partial charge in [0, 0.05) is 12.0 Å². The van der Waals surface area contributed by atoms with Crippen molar-refractivity contribution >= 4 is 17.6 Å². The average molecular weight is 282 g/mol. The summed E-state index contributed by atoms with van der Waals surface area (Å²) in [6.45, 7) is 3.91. The van der Waals surface area contributed by atoms with E-state index in [2.05, 4.69) is 24.8 Å². The number of esters is 1. The molecule has 7 nitrogen and oxygen atoms in total. The SMILES string of the molecule is COC(=O)c1ncn(-c2cc(Cl)nc(C(C)C)n2)n1. The van der Waals surface area contributed by atoms with Crippen molar-refractivity contribution in [2.24, 2.45) is 0 Å². The summed E-state index contributed by atoms with van der Waals surface area (Å²) in [5.74, 6) is 0.524. The summed E-state index contributed by atoms with van der Waals surface area (Å²) in [5.41, 5.74) is 0. The third-order valence-corrected chi connectivity index (χ3v) is 2.50. The van der Waals surface area contributed by atoms with Gasteiger partial charge in [-0.2, -0.15) is 0 Å². The molecule has 2 aromatic heterocycles. The Morgan fingerprint density at radius 2 is 2.16 bits per heavy atom. The topological polar surface area (TPSA) is 82.8 Å². The molecule has 0 aliphatic carbocycles. The number of carbonyl (C=O) groups excluding carboxylic acids is 1. The second kappa shape index (κ2) is 5.31. The number of ether oxygens (including phenoxy) is 1. The number of methoxy groups -OCH3 is 1. The van der Waals surface area contributed by atoms with Crippen LogP contribution in [0.2, 0.25) is 5.15 Å².